The average molecular weight is 1180 g/mol. The van der Waals surface area contributed by atoms with Gasteiger partial charge in [0.1, 0.15) is 0 Å². The van der Waals surface area contributed by atoms with Gasteiger partial charge in [0.15, 0.2) is 11.6 Å². The first-order chi connectivity index (χ1) is 44.6. The molecule has 0 radical (unpaired) electrons. The van der Waals surface area contributed by atoms with E-state index in [0.29, 0.717) is 0 Å². The molecule has 3 N–H and O–H groups in total. The molecule has 0 unspecified atom stereocenters. The van der Waals surface area contributed by atoms with Crippen LogP contribution in [0.5, 0.6) is 0 Å². The van der Waals surface area contributed by atoms with Crippen molar-refractivity contribution >= 4 is 0 Å². The van der Waals surface area contributed by atoms with E-state index in [1.807, 2.05) is 110 Å². The van der Waals surface area contributed by atoms with E-state index < -0.39 is 0 Å². The molecule has 0 atom stereocenters. The zero-order valence-electron chi connectivity index (χ0n) is 51.2. The summed E-state index contributed by atoms with van der Waals surface area (Å²) in [4.78, 5) is 34.8. The summed E-state index contributed by atoms with van der Waals surface area (Å²) in [6.45, 7) is 5.77. The predicted octanol–water partition coefficient (Wildman–Crippen LogP) is 16.6. The molecule has 12 aromatic rings. The second kappa shape index (κ2) is 35.7. The number of hydrogen-bond acceptors (Lipinski definition) is 11. The third-order valence-electron chi connectivity index (χ3n) is 15.4. The maximum absolute atomic E-state index is 4.41. The van der Waals surface area contributed by atoms with Crippen LogP contribution in [0.25, 0.3) is 67.8 Å². The van der Waals surface area contributed by atoms with Gasteiger partial charge in [-0.1, -0.05) is 170 Å². The highest BCUT2D eigenvalue weighted by atomic mass is 14.9. The monoisotopic (exact) mass is 1180 g/mol. The van der Waals surface area contributed by atoms with Gasteiger partial charge >= 0.3 is 0 Å². The molecule has 6 aromatic carbocycles. The van der Waals surface area contributed by atoms with Crippen LogP contribution in [0.3, 0.4) is 0 Å². The lowest BCUT2D eigenvalue weighted by Gasteiger charge is -2.07. The van der Waals surface area contributed by atoms with Gasteiger partial charge in [-0.3, -0.25) is 19.9 Å². The molecule has 0 spiro atoms. The zero-order chi connectivity index (χ0) is 61.3. The summed E-state index contributed by atoms with van der Waals surface area (Å²) in [6.07, 6.45) is 24.8. The third-order valence-corrected chi connectivity index (χ3v) is 15.4. The normalized spacial score (nSPS) is 10.8. The van der Waals surface area contributed by atoms with E-state index in [1.54, 1.807) is 24.8 Å². The molecule has 0 saturated heterocycles. The molecular weight excluding hydrogens is 1100 g/mol. The van der Waals surface area contributed by atoms with Crippen molar-refractivity contribution in [3.8, 4) is 67.8 Å². The molecule has 11 nitrogen and oxygen atoms in total. The van der Waals surface area contributed by atoms with Crippen LogP contribution in [0.1, 0.15) is 71.9 Å². The molecule has 0 amide bonds. The Balaban J connectivity index is 0.000000148. The molecule has 450 valence electrons. The van der Waals surface area contributed by atoms with Crippen molar-refractivity contribution in [2.75, 3.05) is 19.6 Å². The van der Waals surface area contributed by atoms with Gasteiger partial charge in [0.05, 0.1) is 22.8 Å². The zero-order valence-corrected chi connectivity index (χ0v) is 51.2. The van der Waals surface area contributed by atoms with Gasteiger partial charge < -0.3 is 16.0 Å². The molecule has 12 rings (SSSR count). The topological polar surface area (TPSA) is 139 Å². The maximum atomic E-state index is 4.41. The van der Waals surface area contributed by atoms with Crippen LogP contribution in [-0.4, -0.2) is 59.5 Å². The van der Waals surface area contributed by atoms with Gasteiger partial charge in [-0.05, 0) is 171 Å². The molecular formula is C79H79N11. The van der Waals surface area contributed by atoms with Crippen molar-refractivity contribution in [3.05, 3.63) is 313 Å². The molecule has 90 heavy (non-hydrogen) atoms. The van der Waals surface area contributed by atoms with E-state index in [4.69, 9.17) is 0 Å². The minimum Gasteiger partial charge on any atom is -0.313 e. The Hall–Kier alpha value is -10.0. The van der Waals surface area contributed by atoms with Crippen molar-refractivity contribution in [1.82, 2.24) is 55.8 Å². The van der Waals surface area contributed by atoms with E-state index >= 15 is 0 Å². The van der Waals surface area contributed by atoms with Gasteiger partial charge in [-0.2, -0.15) is 0 Å². The highest BCUT2D eigenvalue weighted by molar-refractivity contribution is 5.62. The van der Waals surface area contributed by atoms with Gasteiger partial charge in [0.25, 0.3) is 0 Å². The Morgan fingerprint density at radius 2 is 0.433 bits per heavy atom. The molecule has 0 bridgehead atoms. The Kier molecular flexibility index (Phi) is 25.0. The molecule has 0 aliphatic rings. The lowest BCUT2D eigenvalue weighted by atomic mass is 10.0. The molecule has 0 aliphatic heterocycles. The van der Waals surface area contributed by atoms with Crippen molar-refractivity contribution < 1.29 is 0 Å². The summed E-state index contributed by atoms with van der Waals surface area (Å²) in [5, 5.41) is 10.6. The highest BCUT2D eigenvalue weighted by Crippen LogP contribution is 2.23. The van der Waals surface area contributed by atoms with E-state index in [1.165, 1.54) is 76.6 Å². The number of aromatic nitrogens is 8. The lowest BCUT2D eigenvalue weighted by Crippen LogP contribution is -2.14. The fourth-order valence-corrected chi connectivity index (χ4v) is 10.3. The summed E-state index contributed by atoms with van der Waals surface area (Å²) in [5.41, 5.74) is 18.9. The number of rotatable bonds is 27. The largest absolute Gasteiger partial charge is 0.313 e. The van der Waals surface area contributed by atoms with Gasteiger partial charge in [0, 0.05) is 103 Å². The minimum absolute atomic E-state index is 0.765. The van der Waals surface area contributed by atoms with Crippen molar-refractivity contribution in [2.24, 2.45) is 0 Å². The summed E-state index contributed by atoms with van der Waals surface area (Å²) < 4.78 is 0. The Morgan fingerprint density at radius 3 is 0.678 bits per heavy atom. The first-order valence-corrected chi connectivity index (χ1v) is 31.5. The van der Waals surface area contributed by atoms with Gasteiger partial charge in [0.2, 0.25) is 0 Å². The second-order valence-electron chi connectivity index (χ2n) is 22.1. The fraction of sp³-hybridized carbons (Fsp3) is 0.190. The highest BCUT2D eigenvalue weighted by Gasteiger charge is 2.06. The van der Waals surface area contributed by atoms with Crippen molar-refractivity contribution in [3.63, 3.8) is 0 Å². The summed E-state index contributed by atoms with van der Waals surface area (Å²) in [6, 6.07) is 79.6. The molecule has 0 saturated carbocycles. The number of nitrogens with zero attached hydrogens (tertiary/aromatic N) is 8. The average Bonchev–Trinajstić information content (AvgIpc) is 3.82. The number of nitrogens with one attached hydrogen (secondary N) is 3. The lowest BCUT2D eigenvalue weighted by molar-refractivity contribution is 0.623. The quantitative estimate of drug-likeness (QED) is 0.0424. The molecule has 6 aromatic heterocycles. The van der Waals surface area contributed by atoms with Crippen molar-refractivity contribution in [2.45, 2.75) is 77.4 Å². The number of aryl methyl sites for hydroxylation is 3. The summed E-state index contributed by atoms with van der Waals surface area (Å²) in [5.74, 6) is 1.54. The first kappa shape index (κ1) is 63.0. The van der Waals surface area contributed by atoms with Crippen LogP contribution in [0.15, 0.2) is 280 Å². The summed E-state index contributed by atoms with van der Waals surface area (Å²) in [7, 11) is 0. The third kappa shape index (κ3) is 20.8. The van der Waals surface area contributed by atoms with Gasteiger partial charge in [-0.15, -0.1) is 0 Å². The van der Waals surface area contributed by atoms with Crippen LogP contribution < -0.4 is 16.0 Å². The fourth-order valence-electron chi connectivity index (χ4n) is 10.3. The maximum Gasteiger partial charge on any atom is 0.159 e. The standard InChI is InChI=1S/2C27H27N3.C25H25N5/c2*1(7-22-10-14-24(15-11-22)26-8-2-5-19-29-26)4-18-28-21-23-12-16-25(17-13-23)27-9-3-6-20-30-27;1(5-20-6-10-22(11-7-20)24-27-15-3-16-28-24)2-14-26-19-21-8-12-23(13-9-21)25-29-17-4-18-30-25/h2*2-3,5-6,8-17,19-20,28H,1,4,7,18,21H2;3-4,6-13,15-18,26H,1-2,5,14,19H2. The number of hydrogen-bond donors (Lipinski definition) is 3. The van der Waals surface area contributed by atoms with E-state index in [9.17, 15) is 0 Å². The van der Waals surface area contributed by atoms with Crippen LogP contribution in [0.4, 0.5) is 0 Å². The van der Waals surface area contributed by atoms with E-state index in [2.05, 4.69) is 201 Å². The Labute approximate surface area is 531 Å². The van der Waals surface area contributed by atoms with Crippen LogP contribution in [-0.2, 0) is 38.9 Å². The molecule has 0 fully saturated rings. The van der Waals surface area contributed by atoms with Crippen molar-refractivity contribution in [1.29, 1.82) is 0 Å². The smallest absolute Gasteiger partial charge is 0.159 e. The number of unbranched alkanes of at least 4 members (excludes halogenated alkanes) is 3. The molecule has 11 heteroatoms. The molecule has 6 heterocycles. The van der Waals surface area contributed by atoms with Crippen LogP contribution in [0, 0.1) is 0 Å². The SMILES string of the molecule is c1ccc(-c2ccc(CCCCNCc3ccc(-c4ccccn4)cc3)cc2)nc1.c1ccc(-c2ccc(CCCCNCc3ccc(-c4ccccn4)cc3)cc2)nc1.c1cnc(-c2ccc(CCCCNCc3ccc(-c4ncccn4)cc3)cc2)nc1. The number of pyridine rings is 4. The first-order valence-electron chi connectivity index (χ1n) is 31.5. The van der Waals surface area contributed by atoms with Crippen LogP contribution >= 0.6 is 0 Å². The Morgan fingerprint density at radius 1 is 0.200 bits per heavy atom. The molecule has 0 aliphatic carbocycles. The second-order valence-corrected chi connectivity index (χ2v) is 22.1. The van der Waals surface area contributed by atoms with Crippen LogP contribution in [0.2, 0.25) is 0 Å². The Bertz CT molecular complexity index is 3190. The van der Waals surface area contributed by atoms with Gasteiger partial charge in [-0.25, -0.2) is 19.9 Å². The van der Waals surface area contributed by atoms with E-state index in [0.717, 1.165) is 122 Å². The number of benzene rings is 6. The minimum atomic E-state index is 0.765. The summed E-state index contributed by atoms with van der Waals surface area (Å²) >= 11 is 0. The predicted molar refractivity (Wildman–Crippen MR) is 368 cm³/mol. The van der Waals surface area contributed by atoms with E-state index in [-0.39, 0.29) is 0 Å².